The highest BCUT2D eigenvalue weighted by Crippen LogP contribution is 2.28. The molecule has 2 aliphatic rings. The van der Waals surface area contributed by atoms with Crippen LogP contribution in [0.25, 0.3) is 0 Å². The highest BCUT2D eigenvalue weighted by molar-refractivity contribution is 5.09. The van der Waals surface area contributed by atoms with Gasteiger partial charge in [-0.25, -0.2) is 0 Å². The third-order valence-corrected chi connectivity index (χ3v) is 4.80. The van der Waals surface area contributed by atoms with Crippen molar-refractivity contribution in [3.8, 4) is 0 Å². The second kappa shape index (κ2) is 8.09. The molecule has 5 heteroatoms. The zero-order chi connectivity index (χ0) is 15.2. The van der Waals surface area contributed by atoms with Gasteiger partial charge in [-0.1, -0.05) is 19.3 Å². The lowest BCUT2D eigenvalue weighted by Gasteiger charge is -2.26. The van der Waals surface area contributed by atoms with E-state index in [-0.39, 0.29) is 0 Å². The van der Waals surface area contributed by atoms with Crippen LogP contribution in [-0.4, -0.2) is 54.1 Å². The number of ether oxygens (including phenoxy) is 2. The van der Waals surface area contributed by atoms with E-state index < -0.39 is 0 Å². The molecule has 124 valence electrons. The number of hydrogen-bond acceptors (Lipinski definition) is 4. The van der Waals surface area contributed by atoms with Gasteiger partial charge in [0, 0.05) is 25.3 Å². The molecule has 1 aliphatic carbocycles. The van der Waals surface area contributed by atoms with E-state index in [4.69, 9.17) is 14.6 Å². The Morgan fingerprint density at radius 1 is 1.23 bits per heavy atom. The summed E-state index contributed by atoms with van der Waals surface area (Å²) < 4.78 is 13.4. The first-order valence-electron chi connectivity index (χ1n) is 8.76. The van der Waals surface area contributed by atoms with E-state index in [1.807, 2.05) is 0 Å². The fraction of sp³-hybridized carbons (Fsp3) is 0.824. The van der Waals surface area contributed by atoms with E-state index in [1.165, 1.54) is 37.8 Å². The molecule has 0 radical (unpaired) electrons. The Bertz CT molecular complexity index is 449. The standard InChI is InChI=1S/C17H29N3O2/c1-15-13-16(18-20(15)17-5-3-2-4-6-17)14-22-12-9-19-7-10-21-11-8-19/h13,17H,2-12,14H2,1H3. The Balaban J connectivity index is 1.42. The summed E-state index contributed by atoms with van der Waals surface area (Å²) in [4.78, 5) is 2.40. The molecule has 22 heavy (non-hydrogen) atoms. The zero-order valence-electron chi connectivity index (χ0n) is 13.8. The molecule has 0 amide bonds. The molecule has 0 N–H and O–H groups in total. The van der Waals surface area contributed by atoms with Crippen LogP contribution in [0, 0.1) is 6.92 Å². The van der Waals surface area contributed by atoms with Gasteiger partial charge < -0.3 is 9.47 Å². The summed E-state index contributed by atoms with van der Waals surface area (Å²) in [5.41, 5.74) is 2.35. The molecule has 0 spiro atoms. The van der Waals surface area contributed by atoms with Crippen LogP contribution in [0.4, 0.5) is 0 Å². The van der Waals surface area contributed by atoms with E-state index in [2.05, 4.69) is 22.6 Å². The van der Waals surface area contributed by atoms with Crippen molar-refractivity contribution < 1.29 is 9.47 Å². The van der Waals surface area contributed by atoms with Gasteiger partial charge in [-0.05, 0) is 25.8 Å². The topological polar surface area (TPSA) is 39.5 Å². The monoisotopic (exact) mass is 307 g/mol. The molecule has 1 saturated carbocycles. The molecule has 1 aliphatic heterocycles. The first-order valence-corrected chi connectivity index (χ1v) is 8.76. The van der Waals surface area contributed by atoms with Crippen LogP contribution in [0.5, 0.6) is 0 Å². The molecule has 0 unspecified atom stereocenters. The quantitative estimate of drug-likeness (QED) is 0.757. The van der Waals surface area contributed by atoms with E-state index in [0.717, 1.165) is 45.1 Å². The van der Waals surface area contributed by atoms with Crippen molar-refractivity contribution in [3.63, 3.8) is 0 Å². The SMILES string of the molecule is Cc1cc(COCCN2CCOCC2)nn1C1CCCCC1. The molecular formula is C17H29N3O2. The van der Waals surface area contributed by atoms with Crippen molar-refractivity contribution in [1.82, 2.24) is 14.7 Å². The Labute approximate surface area is 133 Å². The molecule has 2 fully saturated rings. The lowest BCUT2D eigenvalue weighted by molar-refractivity contribution is 0.0176. The maximum Gasteiger partial charge on any atom is 0.0907 e. The van der Waals surface area contributed by atoms with E-state index in [0.29, 0.717) is 12.6 Å². The average Bonchev–Trinajstić information content (AvgIpc) is 2.94. The summed E-state index contributed by atoms with van der Waals surface area (Å²) in [7, 11) is 0. The minimum Gasteiger partial charge on any atom is -0.379 e. The molecule has 0 bridgehead atoms. The average molecular weight is 307 g/mol. The summed E-state index contributed by atoms with van der Waals surface area (Å²) in [5.74, 6) is 0. The third kappa shape index (κ3) is 4.31. The Hall–Kier alpha value is -0.910. The van der Waals surface area contributed by atoms with Gasteiger partial charge in [0.05, 0.1) is 38.2 Å². The van der Waals surface area contributed by atoms with E-state index in [9.17, 15) is 0 Å². The van der Waals surface area contributed by atoms with Crippen molar-refractivity contribution in [2.24, 2.45) is 0 Å². The first-order chi connectivity index (χ1) is 10.8. The minimum absolute atomic E-state index is 0.607. The van der Waals surface area contributed by atoms with E-state index >= 15 is 0 Å². The molecule has 0 aromatic carbocycles. The molecule has 3 rings (SSSR count). The van der Waals surface area contributed by atoms with Gasteiger partial charge in [0.25, 0.3) is 0 Å². The lowest BCUT2D eigenvalue weighted by atomic mass is 9.95. The van der Waals surface area contributed by atoms with Gasteiger partial charge in [-0.3, -0.25) is 9.58 Å². The number of aromatic nitrogens is 2. The maximum atomic E-state index is 5.82. The first kappa shape index (κ1) is 16.0. The second-order valence-corrected chi connectivity index (χ2v) is 6.52. The summed E-state index contributed by atoms with van der Waals surface area (Å²) in [5, 5.41) is 4.78. The van der Waals surface area contributed by atoms with Gasteiger partial charge in [0.15, 0.2) is 0 Å². The summed E-state index contributed by atoms with van der Waals surface area (Å²) in [6.45, 7) is 8.32. The van der Waals surface area contributed by atoms with Crippen molar-refractivity contribution in [2.45, 2.75) is 51.7 Å². The van der Waals surface area contributed by atoms with Gasteiger partial charge in [0.1, 0.15) is 0 Å². The van der Waals surface area contributed by atoms with Crippen LogP contribution in [0.15, 0.2) is 6.07 Å². The predicted octanol–water partition coefficient (Wildman–Crippen LogP) is 2.55. The third-order valence-electron chi connectivity index (χ3n) is 4.80. The van der Waals surface area contributed by atoms with Crippen molar-refractivity contribution >= 4 is 0 Å². The number of morpholine rings is 1. The van der Waals surface area contributed by atoms with Crippen LogP contribution in [-0.2, 0) is 16.1 Å². The van der Waals surface area contributed by atoms with Gasteiger partial charge in [-0.2, -0.15) is 5.10 Å². The van der Waals surface area contributed by atoms with Crippen molar-refractivity contribution in [2.75, 3.05) is 39.5 Å². The number of aryl methyl sites for hydroxylation is 1. The van der Waals surface area contributed by atoms with Crippen molar-refractivity contribution in [1.29, 1.82) is 0 Å². The van der Waals surface area contributed by atoms with Crippen LogP contribution in [0.1, 0.15) is 49.5 Å². The van der Waals surface area contributed by atoms with Crippen LogP contribution in [0.2, 0.25) is 0 Å². The lowest BCUT2D eigenvalue weighted by Crippen LogP contribution is -2.38. The smallest absolute Gasteiger partial charge is 0.0907 e. The molecule has 1 saturated heterocycles. The zero-order valence-corrected chi connectivity index (χ0v) is 13.8. The number of hydrogen-bond donors (Lipinski definition) is 0. The van der Waals surface area contributed by atoms with Crippen LogP contribution >= 0.6 is 0 Å². The molecule has 1 aromatic heterocycles. The Morgan fingerprint density at radius 3 is 2.77 bits per heavy atom. The largest absolute Gasteiger partial charge is 0.379 e. The summed E-state index contributed by atoms with van der Waals surface area (Å²) >= 11 is 0. The van der Waals surface area contributed by atoms with Crippen LogP contribution < -0.4 is 0 Å². The second-order valence-electron chi connectivity index (χ2n) is 6.52. The van der Waals surface area contributed by atoms with Gasteiger partial charge >= 0.3 is 0 Å². The molecule has 0 atom stereocenters. The predicted molar refractivity (Wildman–Crippen MR) is 86.0 cm³/mol. The maximum absolute atomic E-state index is 5.82. The normalized spacial score (nSPS) is 21.3. The number of nitrogens with zero attached hydrogens (tertiary/aromatic N) is 3. The van der Waals surface area contributed by atoms with Gasteiger partial charge in [0.2, 0.25) is 0 Å². The summed E-state index contributed by atoms with van der Waals surface area (Å²) in [6.07, 6.45) is 6.62. The van der Waals surface area contributed by atoms with Crippen LogP contribution in [0.3, 0.4) is 0 Å². The molecule has 1 aromatic rings. The van der Waals surface area contributed by atoms with E-state index in [1.54, 1.807) is 0 Å². The highest BCUT2D eigenvalue weighted by atomic mass is 16.5. The highest BCUT2D eigenvalue weighted by Gasteiger charge is 2.18. The Kier molecular flexibility index (Phi) is 5.87. The molecular weight excluding hydrogens is 278 g/mol. The Morgan fingerprint density at radius 2 is 2.00 bits per heavy atom. The van der Waals surface area contributed by atoms with Gasteiger partial charge in [-0.15, -0.1) is 0 Å². The fourth-order valence-electron chi connectivity index (χ4n) is 3.51. The summed E-state index contributed by atoms with van der Waals surface area (Å²) in [6, 6.07) is 2.79. The fourth-order valence-corrected chi connectivity index (χ4v) is 3.51. The minimum atomic E-state index is 0.607. The number of rotatable bonds is 6. The van der Waals surface area contributed by atoms with Crippen molar-refractivity contribution in [3.05, 3.63) is 17.5 Å². The molecule has 2 heterocycles. The molecule has 5 nitrogen and oxygen atoms in total.